The van der Waals surface area contributed by atoms with E-state index >= 15 is 0 Å². The predicted molar refractivity (Wildman–Crippen MR) is 122 cm³/mol. The number of aromatic nitrogens is 3. The van der Waals surface area contributed by atoms with Crippen molar-refractivity contribution >= 4 is 21.6 Å². The maximum Gasteiger partial charge on any atom is 0.416 e. The molecule has 0 aliphatic heterocycles. The number of hydrogen-bond acceptors (Lipinski definition) is 4. The SMILES string of the molecule is FC(F)(F)c1cccc(CO/N=C(/Cn2cncn2)c2ccc(-c3ccc(Br)cc3)cc2)c1. The monoisotopic (exact) mass is 514 g/mol. The minimum atomic E-state index is -4.41. The van der Waals surface area contributed by atoms with Crippen molar-refractivity contribution in [2.45, 2.75) is 19.3 Å². The van der Waals surface area contributed by atoms with Gasteiger partial charge in [0.25, 0.3) is 0 Å². The lowest BCUT2D eigenvalue weighted by atomic mass is 10.0. The number of halogens is 4. The molecule has 1 heterocycles. The number of hydrogen-bond donors (Lipinski definition) is 0. The molecule has 5 nitrogen and oxygen atoms in total. The van der Waals surface area contributed by atoms with Gasteiger partial charge in [-0.25, -0.2) is 9.67 Å². The van der Waals surface area contributed by atoms with E-state index in [0.717, 1.165) is 33.3 Å². The molecule has 0 saturated carbocycles. The zero-order chi connectivity index (χ0) is 23.3. The first kappa shape index (κ1) is 22.7. The third-order valence-corrected chi connectivity index (χ3v) is 5.36. The van der Waals surface area contributed by atoms with Crippen LogP contribution in [0.3, 0.4) is 0 Å². The van der Waals surface area contributed by atoms with Crippen molar-refractivity contribution in [2.24, 2.45) is 5.16 Å². The van der Waals surface area contributed by atoms with E-state index in [4.69, 9.17) is 4.84 Å². The van der Waals surface area contributed by atoms with E-state index in [2.05, 4.69) is 31.2 Å². The van der Waals surface area contributed by atoms with Crippen LogP contribution in [0.25, 0.3) is 11.1 Å². The summed E-state index contributed by atoms with van der Waals surface area (Å²) in [5.74, 6) is 0. The minimum Gasteiger partial charge on any atom is -0.391 e. The molecule has 0 atom stereocenters. The lowest BCUT2D eigenvalue weighted by Gasteiger charge is -2.10. The molecule has 0 N–H and O–H groups in total. The van der Waals surface area contributed by atoms with E-state index in [9.17, 15) is 13.2 Å². The van der Waals surface area contributed by atoms with Gasteiger partial charge in [0.15, 0.2) is 0 Å². The molecule has 4 rings (SSSR count). The maximum absolute atomic E-state index is 12.9. The van der Waals surface area contributed by atoms with E-state index in [1.807, 2.05) is 48.5 Å². The Kier molecular flexibility index (Phi) is 6.88. The van der Waals surface area contributed by atoms with Crippen molar-refractivity contribution < 1.29 is 18.0 Å². The largest absolute Gasteiger partial charge is 0.416 e. The Balaban J connectivity index is 1.54. The molecule has 0 aliphatic carbocycles. The zero-order valence-corrected chi connectivity index (χ0v) is 18.8. The fourth-order valence-electron chi connectivity index (χ4n) is 3.16. The molecule has 4 aromatic rings. The summed E-state index contributed by atoms with van der Waals surface area (Å²) < 4.78 is 41.4. The first-order chi connectivity index (χ1) is 15.9. The highest BCUT2D eigenvalue weighted by molar-refractivity contribution is 9.10. The van der Waals surface area contributed by atoms with Gasteiger partial charge in [-0.3, -0.25) is 0 Å². The summed E-state index contributed by atoms with van der Waals surface area (Å²) in [6, 6.07) is 20.8. The van der Waals surface area contributed by atoms with Gasteiger partial charge in [0, 0.05) is 10.0 Å². The third kappa shape index (κ3) is 6.07. The van der Waals surface area contributed by atoms with Gasteiger partial charge >= 0.3 is 6.18 Å². The highest BCUT2D eigenvalue weighted by atomic mass is 79.9. The Labute approximate surface area is 196 Å². The number of alkyl halides is 3. The highest BCUT2D eigenvalue weighted by Crippen LogP contribution is 2.29. The first-order valence-corrected chi connectivity index (χ1v) is 10.7. The average Bonchev–Trinajstić information content (AvgIpc) is 3.32. The Morgan fingerprint density at radius 1 is 0.970 bits per heavy atom. The summed E-state index contributed by atoms with van der Waals surface area (Å²) in [4.78, 5) is 9.37. The molecular weight excluding hydrogens is 497 g/mol. The fraction of sp³-hybridized carbons (Fsp3) is 0.125. The van der Waals surface area contributed by atoms with E-state index in [0.29, 0.717) is 17.8 Å². The molecule has 0 fully saturated rings. The van der Waals surface area contributed by atoms with Crippen molar-refractivity contribution in [1.82, 2.24) is 14.8 Å². The van der Waals surface area contributed by atoms with Crippen LogP contribution < -0.4 is 0 Å². The van der Waals surface area contributed by atoms with E-state index < -0.39 is 11.7 Å². The predicted octanol–water partition coefficient (Wildman–Crippen LogP) is 6.35. The normalized spacial score (nSPS) is 12.1. The molecule has 0 aliphatic rings. The summed E-state index contributed by atoms with van der Waals surface area (Å²) in [7, 11) is 0. The highest BCUT2D eigenvalue weighted by Gasteiger charge is 2.30. The Morgan fingerprint density at radius 2 is 1.67 bits per heavy atom. The van der Waals surface area contributed by atoms with Crippen LogP contribution in [-0.4, -0.2) is 20.5 Å². The number of oxime groups is 1. The molecule has 168 valence electrons. The maximum atomic E-state index is 12.9. The molecule has 33 heavy (non-hydrogen) atoms. The molecule has 0 amide bonds. The lowest BCUT2D eigenvalue weighted by molar-refractivity contribution is -0.137. The van der Waals surface area contributed by atoms with Crippen LogP contribution >= 0.6 is 15.9 Å². The van der Waals surface area contributed by atoms with E-state index in [1.165, 1.54) is 12.4 Å². The van der Waals surface area contributed by atoms with Crippen LogP contribution in [0.1, 0.15) is 16.7 Å². The van der Waals surface area contributed by atoms with Crippen molar-refractivity contribution in [3.05, 3.63) is 107 Å². The van der Waals surface area contributed by atoms with Gasteiger partial charge in [0.2, 0.25) is 0 Å². The number of rotatable bonds is 7. The van der Waals surface area contributed by atoms with Gasteiger partial charge < -0.3 is 4.84 Å². The fourth-order valence-corrected chi connectivity index (χ4v) is 3.42. The lowest BCUT2D eigenvalue weighted by Crippen LogP contribution is -2.13. The summed E-state index contributed by atoms with van der Waals surface area (Å²) in [5.41, 5.74) is 3.13. The van der Waals surface area contributed by atoms with Gasteiger partial charge in [-0.1, -0.05) is 69.6 Å². The van der Waals surface area contributed by atoms with Crippen molar-refractivity contribution in [3.8, 4) is 11.1 Å². The molecule has 1 aromatic heterocycles. The van der Waals surface area contributed by atoms with E-state index in [1.54, 1.807) is 17.1 Å². The van der Waals surface area contributed by atoms with Gasteiger partial charge in [0.05, 0.1) is 12.1 Å². The molecule has 9 heteroatoms. The minimum absolute atomic E-state index is 0.0955. The van der Waals surface area contributed by atoms with Crippen LogP contribution in [0.15, 0.2) is 95.1 Å². The smallest absolute Gasteiger partial charge is 0.391 e. The zero-order valence-electron chi connectivity index (χ0n) is 17.2. The molecule has 0 saturated heterocycles. The first-order valence-electron chi connectivity index (χ1n) is 9.92. The molecule has 3 aromatic carbocycles. The molecule has 0 bridgehead atoms. The second kappa shape index (κ2) is 9.99. The molecule has 0 spiro atoms. The summed E-state index contributed by atoms with van der Waals surface area (Å²) in [5, 5.41) is 8.31. The van der Waals surface area contributed by atoms with Gasteiger partial charge in [-0.05, 0) is 41.0 Å². The van der Waals surface area contributed by atoms with Crippen molar-refractivity contribution in [3.63, 3.8) is 0 Å². The van der Waals surface area contributed by atoms with E-state index in [-0.39, 0.29) is 6.61 Å². The van der Waals surface area contributed by atoms with Gasteiger partial charge in [0.1, 0.15) is 25.0 Å². The van der Waals surface area contributed by atoms with Crippen LogP contribution in [-0.2, 0) is 24.2 Å². The second-order valence-corrected chi connectivity index (χ2v) is 8.10. The molecule has 0 unspecified atom stereocenters. The second-order valence-electron chi connectivity index (χ2n) is 7.19. The quantitative estimate of drug-likeness (QED) is 0.213. The number of benzene rings is 3. The Bertz CT molecular complexity index is 1220. The van der Waals surface area contributed by atoms with Crippen LogP contribution in [0.5, 0.6) is 0 Å². The average molecular weight is 515 g/mol. The Hall–Kier alpha value is -3.46. The Morgan fingerprint density at radius 3 is 2.30 bits per heavy atom. The van der Waals surface area contributed by atoms with Crippen molar-refractivity contribution in [2.75, 3.05) is 0 Å². The summed E-state index contributed by atoms with van der Waals surface area (Å²) in [6.45, 7) is 0.196. The van der Waals surface area contributed by atoms with Gasteiger partial charge in [-0.15, -0.1) is 0 Å². The van der Waals surface area contributed by atoms with Crippen molar-refractivity contribution in [1.29, 1.82) is 0 Å². The standard InChI is InChI=1S/C24H18BrF3N4O/c25-22-10-8-19(9-11-22)18-4-6-20(7-5-18)23(13-32-16-29-15-30-32)31-33-14-17-2-1-3-21(12-17)24(26,27)28/h1-12,15-16H,13-14H2/b31-23-. The van der Waals surface area contributed by atoms with Crippen LogP contribution in [0, 0.1) is 0 Å². The summed E-state index contributed by atoms with van der Waals surface area (Å²) in [6.07, 6.45) is -1.44. The number of nitrogens with zero attached hydrogens (tertiary/aromatic N) is 4. The topological polar surface area (TPSA) is 52.3 Å². The van der Waals surface area contributed by atoms with Gasteiger partial charge in [-0.2, -0.15) is 18.3 Å². The molecule has 0 radical (unpaired) electrons. The van der Waals surface area contributed by atoms with Crippen LogP contribution in [0.2, 0.25) is 0 Å². The molecular formula is C24H18BrF3N4O. The van der Waals surface area contributed by atoms with Crippen LogP contribution in [0.4, 0.5) is 13.2 Å². The third-order valence-electron chi connectivity index (χ3n) is 4.83. The summed E-state index contributed by atoms with van der Waals surface area (Å²) >= 11 is 3.43.